The van der Waals surface area contributed by atoms with Crippen molar-refractivity contribution in [2.75, 3.05) is 10.8 Å². The molecule has 7 nitrogen and oxygen atoms in total. The number of sulfonamides is 1. The SMILES string of the molecule is O=C(NCCc1ccc(S(=O)(=O)N(c2nncs2)C2CC2)cc1)c1cc(Cl)ccc1Cl. The number of nitrogens with zero attached hydrogens (tertiary/aromatic N) is 3. The van der Waals surface area contributed by atoms with E-state index in [0.29, 0.717) is 33.7 Å². The van der Waals surface area contributed by atoms with Crippen LogP contribution in [0.2, 0.25) is 10.0 Å². The van der Waals surface area contributed by atoms with Crippen LogP contribution in [0.3, 0.4) is 0 Å². The van der Waals surface area contributed by atoms with Gasteiger partial charge in [-0.3, -0.25) is 4.79 Å². The molecular weight excluding hydrogens is 479 g/mol. The Bertz CT molecular complexity index is 1180. The van der Waals surface area contributed by atoms with Crippen molar-refractivity contribution in [2.45, 2.75) is 30.2 Å². The first-order chi connectivity index (χ1) is 14.9. The Balaban J connectivity index is 1.40. The molecule has 0 spiro atoms. The summed E-state index contributed by atoms with van der Waals surface area (Å²) in [7, 11) is -3.71. The third-order valence-corrected chi connectivity index (χ3v) is 7.99. The summed E-state index contributed by atoms with van der Waals surface area (Å²) in [5.74, 6) is -0.316. The van der Waals surface area contributed by atoms with Crippen molar-refractivity contribution < 1.29 is 13.2 Å². The number of aromatic nitrogens is 2. The molecule has 0 bridgehead atoms. The average molecular weight is 497 g/mol. The molecule has 0 aliphatic heterocycles. The van der Waals surface area contributed by atoms with Gasteiger partial charge in [0.15, 0.2) is 0 Å². The summed E-state index contributed by atoms with van der Waals surface area (Å²) >= 11 is 13.2. The molecule has 3 aromatic rings. The quantitative estimate of drug-likeness (QED) is 0.504. The minimum Gasteiger partial charge on any atom is -0.352 e. The summed E-state index contributed by atoms with van der Waals surface area (Å²) in [4.78, 5) is 12.5. The van der Waals surface area contributed by atoms with E-state index in [2.05, 4.69) is 15.5 Å². The van der Waals surface area contributed by atoms with Crippen LogP contribution in [-0.2, 0) is 16.4 Å². The normalized spacial score (nSPS) is 13.7. The van der Waals surface area contributed by atoms with Crippen molar-refractivity contribution in [2.24, 2.45) is 0 Å². The van der Waals surface area contributed by atoms with Crippen LogP contribution in [0.25, 0.3) is 0 Å². The maximum absolute atomic E-state index is 13.1. The Labute approximate surface area is 194 Å². The van der Waals surface area contributed by atoms with E-state index < -0.39 is 10.0 Å². The fraction of sp³-hybridized carbons (Fsp3) is 0.250. The van der Waals surface area contributed by atoms with Gasteiger partial charge in [0.05, 0.1) is 15.5 Å². The molecule has 1 N–H and O–H groups in total. The largest absolute Gasteiger partial charge is 0.352 e. The second kappa shape index (κ2) is 9.12. The summed E-state index contributed by atoms with van der Waals surface area (Å²) in [5, 5.41) is 11.6. The first kappa shape index (κ1) is 22.0. The molecule has 2 aromatic carbocycles. The summed E-state index contributed by atoms with van der Waals surface area (Å²) in [6.07, 6.45) is 2.16. The molecule has 0 atom stereocenters. The third kappa shape index (κ3) is 5.01. The number of benzene rings is 2. The summed E-state index contributed by atoms with van der Waals surface area (Å²) in [6, 6.07) is 11.3. The highest BCUT2D eigenvalue weighted by atomic mass is 35.5. The topological polar surface area (TPSA) is 92.3 Å². The molecule has 1 aliphatic carbocycles. The van der Waals surface area contributed by atoms with Crippen LogP contribution in [0, 0.1) is 0 Å². The minimum absolute atomic E-state index is 0.0637. The van der Waals surface area contributed by atoms with Gasteiger partial charge in [0.1, 0.15) is 5.51 Å². The van der Waals surface area contributed by atoms with E-state index in [-0.39, 0.29) is 16.8 Å². The molecule has 1 fully saturated rings. The van der Waals surface area contributed by atoms with Gasteiger partial charge in [0.2, 0.25) is 5.13 Å². The van der Waals surface area contributed by atoms with E-state index >= 15 is 0 Å². The third-order valence-electron chi connectivity index (χ3n) is 4.77. The Morgan fingerprint density at radius 1 is 1.16 bits per heavy atom. The van der Waals surface area contributed by atoms with Gasteiger partial charge in [-0.2, -0.15) is 0 Å². The van der Waals surface area contributed by atoms with E-state index in [9.17, 15) is 13.2 Å². The van der Waals surface area contributed by atoms with Crippen LogP contribution in [0.15, 0.2) is 52.9 Å². The zero-order valence-electron chi connectivity index (χ0n) is 16.2. The summed E-state index contributed by atoms with van der Waals surface area (Å²) in [6.45, 7) is 0.368. The number of rotatable bonds is 8. The van der Waals surface area contributed by atoms with Crippen LogP contribution in [0.1, 0.15) is 28.8 Å². The monoisotopic (exact) mass is 496 g/mol. The number of nitrogens with one attached hydrogen (secondary N) is 1. The molecule has 1 heterocycles. The molecule has 162 valence electrons. The van der Waals surface area contributed by atoms with Crippen molar-refractivity contribution in [3.05, 3.63) is 69.1 Å². The number of carbonyl (C=O) groups excluding carboxylic acids is 1. The minimum atomic E-state index is -3.71. The maximum atomic E-state index is 13.1. The van der Waals surface area contributed by atoms with Gasteiger partial charge in [-0.05, 0) is 55.2 Å². The standard InChI is InChI=1S/C20H18Cl2N4O3S2/c21-14-3-8-18(22)17(11-14)19(27)23-10-9-13-1-6-16(7-2-13)31(28,29)26(15-4-5-15)20-25-24-12-30-20/h1-3,6-8,11-12,15H,4-5,9-10H2,(H,23,27). The second-order valence-electron chi connectivity index (χ2n) is 7.03. The molecule has 4 rings (SSSR count). The Kier molecular flexibility index (Phi) is 6.47. The number of amides is 1. The number of hydrogen-bond donors (Lipinski definition) is 1. The predicted molar refractivity (Wildman–Crippen MR) is 122 cm³/mol. The lowest BCUT2D eigenvalue weighted by Gasteiger charge is -2.20. The van der Waals surface area contributed by atoms with Gasteiger partial charge in [-0.15, -0.1) is 10.2 Å². The van der Waals surface area contributed by atoms with Crippen LogP contribution in [0.4, 0.5) is 5.13 Å². The fourth-order valence-corrected chi connectivity index (χ4v) is 5.94. The summed E-state index contributed by atoms with van der Waals surface area (Å²) in [5.41, 5.74) is 2.73. The van der Waals surface area contributed by atoms with Crippen LogP contribution < -0.4 is 9.62 Å². The molecule has 1 saturated carbocycles. The van der Waals surface area contributed by atoms with Gasteiger partial charge in [0.25, 0.3) is 15.9 Å². The van der Waals surface area contributed by atoms with E-state index in [1.54, 1.807) is 36.4 Å². The molecule has 1 amide bonds. The molecule has 0 unspecified atom stereocenters. The van der Waals surface area contributed by atoms with Gasteiger partial charge in [0, 0.05) is 17.6 Å². The van der Waals surface area contributed by atoms with Crippen molar-refractivity contribution in [3.8, 4) is 0 Å². The predicted octanol–water partition coefficient (Wildman–Crippen LogP) is 4.18. The molecule has 0 radical (unpaired) electrons. The molecule has 1 aromatic heterocycles. The Morgan fingerprint density at radius 2 is 1.90 bits per heavy atom. The number of halogens is 2. The first-order valence-electron chi connectivity index (χ1n) is 9.49. The average Bonchev–Trinajstić information content (AvgIpc) is 3.43. The van der Waals surface area contributed by atoms with Crippen molar-refractivity contribution in [1.82, 2.24) is 15.5 Å². The molecule has 11 heteroatoms. The highest BCUT2D eigenvalue weighted by Gasteiger charge is 2.40. The molecule has 0 saturated heterocycles. The smallest absolute Gasteiger partial charge is 0.266 e. The van der Waals surface area contributed by atoms with Crippen LogP contribution >= 0.6 is 34.5 Å². The fourth-order valence-electron chi connectivity index (χ4n) is 3.06. The van der Waals surface area contributed by atoms with E-state index in [1.165, 1.54) is 27.2 Å². The lowest BCUT2D eigenvalue weighted by Crippen LogP contribution is -2.33. The van der Waals surface area contributed by atoms with Gasteiger partial charge < -0.3 is 5.32 Å². The van der Waals surface area contributed by atoms with E-state index in [0.717, 1.165) is 18.4 Å². The lowest BCUT2D eigenvalue weighted by molar-refractivity contribution is 0.0954. The van der Waals surface area contributed by atoms with E-state index in [1.807, 2.05) is 0 Å². The zero-order valence-corrected chi connectivity index (χ0v) is 19.3. The van der Waals surface area contributed by atoms with Gasteiger partial charge >= 0.3 is 0 Å². The highest BCUT2D eigenvalue weighted by molar-refractivity contribution is 7.93. The van der Waals surface area contributed by atoms with Crippen LogP contribution in [0.5, 0.6) is 0 Å². The molecular formula is C20H18Cl2N4O3S2. The van der Waals surface area contributed by atoms with Gasteiger partial charge in [-0.25, -0.2) is 12.7 Å². The number of carbonyl (C=O) groups is 1. The maximum Gasteiger partial charge on any atom is 0.266 e. The highest BCUT2D eigenvalue weighted by Crippen LogP contribution is 2.37. The van der Waals surface area contributed by atoms with Crippen molar-refractivity contribution in [3.63, 3.8) is 0 Å². The number of anilines is 1. The van der Waals surface area contributed by atoms with Crippen LogP contribution in [-0.4, -0.2) is 37.1 Å². The van der Waals surface area contributed by atoms with Gasteiger partial charge in [-0.1, -0.05) is 46.7 Å². The summed E-state index contributed by atoms with van der Waals surface area (Å²) < 4.78 is 27.6. The van der Waals surface area contributed by atoms with Crippen molar-refractivity contribution >= 4 is 55.6 Å². The molecule has 31 heavy (non-hydrogen) atoms. The zero-order chi connectivity index (χ0) is 22.0. The number of hydrogen-bond acceptors (Lipinski definition) is 6. The lowest BCUT2D eigenvalue weighted by atomic mass is 10.1. The van der Waals surface area contributed by atoms with Crippen molar-refractivity contribution in [1.29, 1.82) is 0 Å². The Morgan fingerprint density at radius 3 is 2.55 bits per heavy atom. The first-order valence-corrected chi connectivity index (χ1v) is 12.6. The second-order valence-corrected chi connectivity index (χ2v) is 10.5. The van der Waals surface area contributed by atoms with E-state index in [4.69, 9.17) is 23.2 Å². The molecule has 1 aliphatic rings. The Hall–Kier alpha value is -2.20.